The van der Waals surface area contributed by atoms with Gasteiger partial charge in [-0.3, -0.25) is 0 Å². The molecule has 1 unspecified atom stereocenters. The number of para-hydroxylation sites is 1. The molecule has 1 aromatic heterocycles. The molecule has 21 heavy (non-hydrogen) atoms. The summed E-state index contributed by atoms with van der Waals surface area (Å²) in [5.74, 6) is 0. The van der Waals surface area contributed by atoms with Gasteiger partial charge in [0, 0.05) is 12.2 Å². The minimum absolute atomic E-state index is 0.0684. The van der Waals surface area contributed by atoms with Crippen molar-refractivity contribution in [2.45, 2.75) is 57.9 Å². The van der Waals surface area contributed by atoms with Gasteiger partial charge in [0.1, 0.15) is 0 Å². The number of unbranched alkanes of at least 4 members (excludes halogenated alkanes) is 5. The van der Waals surface area contributed by atoms with E-state index in [1.54, 1.807) is 0 Å². The van der Waals surface area contributed by atoms with E-state index in [1.165, 1.54) is 38.5 Å². The molecule has 0 saturated carbocycles. The van der Waals surface area contributed by atoms with E-state index in [9.17, 15) is 0 Å². The minimum atomic E-state index is 0.0684. The average molecular weight is 285 g/mol. The largest absolute Gasteiger partial charge is 0.323 e. The molecule has 0 radical (unpaired) electrons. The monoisotopic (exact) mass is 285 g/mol. The molecule has 0 saturated heterocycles. The van der Waals surface area contributed by atoms with E-state index in [2.05, 4.69) is 24.2 Å². The smallest absolute Gasteiger partial charge is 0.0649 e. The van der Waals surface area contributed by atoms with Crippen LogP contribution in [-0.2, 0) is 0 Å². The second-order valence-electron chi connectivity index (χ2n) is 5.67. The molecule has 2 aromatic rings. The van der Waals surface area contributed by atoms with Crippen LogP contribution in [0.15, 0.2) is 42.6 Å². The Labute approximate surface area is 128 Å². The van der Waals surface area contributed by atoms with Gasteiger partial charge in [-0.2, -0.15) is 5.10 Å². The first-order valence-corrected chi connectivity index (χ1v) is 8.18. The fraction of sp³-hybridized carbons (Fsp3) is 0.500. The van der Waals surface area contributed by atoms with E-state index in [1.807, 2.05) is 35.1 Å². The number of hydrogen-bond donors (Lipinski definition) is 1. The van der Waals surface area contributed by atoms with E-state index in [4.69, 9.17) is 5.73 Å². The maximum Gasteiger partial charge on any atom is 0.0649 e. The SMILES string of the molecule is CCCCCCCCC(N)c1ccnn1-c1ccccc1. The molecule has 0 aliphatic rings. The zero-order chi connectivity index (χ0) is 14.9. The number of benzene rings is 1. The molecule has 3 heteroatoms. The van der Waals surface area contributed by atoms with Crippen LogP contribution in [0, 0.1) is 0 Å². The summed E-state index contributed by atoms with van der Waals surface area (Å²) in [7, 11) is 0. The molecule has 114 valence electrons. The number of aromatic nitrogens is 2. The summed E-state index contributed by atoms with van der Waals surface area (Å²) >= 11 is 0. The van der Waals surface area contributed by atoms with Gasteiger partial charge in [0.05, 0.1) is 11.4 Å². The van der Waals surface area contributed by atoms with Crippen molar-refractivity contribution in [1.82, 2.24) is 9.78 Å². The molecule has 0 bridgehead atoms. The van der Waals surface area contributed by atoms with Gasteiger partial charge in [-0.05, 0) is 24.6 Å². The van der Waals surface area contributed by atoms with Crippen molar-refractivity contribution in [1.29, 1.82) is 0 Å². The van der Waals surface area contributed by atoms with Crippen LogP contribution in [0.2, 0.25) is 0 Å². The fourth-order valence-corrected chi connectivity index (χ4v) is 2.67. The molecule has 0 spiro atoms. The molecule has 1 atom stereocenters. The van der Waals surface area contributed by atoms with Crippen LogP contribution in [-0.4, -0.2) is 9.78 Å². The summed E-state index contributed by atoms with van der Waals surface area (Å²) in [5, 5.41) is 4.41. The quantitative estimate of drug-likeness (QED) is 0.683. The molecular formula is C18H27N3. The fourth-order valence-electron chi connectivity index (χ4n) is 2.67. The summed E-state index contributed by atoms with van der Waals surface area (Å²) in [6, 6.07) is 12.3. The van der Waals surface area contributed by atoms with Crippen LogP contribution in [0.3, 0.4) is 0 Å². The first kappa shape index (κ1) is 15.8. The molecule has 0 aliphatic carbocycles. The number of nitrogens with two attached hydrogens (primary N) is 1. The van der Waals surface area contributed by atoms with Crippen LogP contribution in [0.5, 0.6) is 0 Å². The third kappa shape index (κ3) is 4.71. The highest BCUT2D eigenvalue weighted by molar-refractivity contribution is 5.33. The topological polar surface area (TPSA) is 43.8 Å². The normalized spacial score (nSPS) is 12.5. The first-order valence-electron chi connectivity index (χ1n) is 8.18. The Balaban J connectivity index is 1.86. The third-order valence-electron chi connectivity index (χ3n) is 3.92. The molecule has 0 amide bonds. The van der Waals surface area contributed by atoms with Gasteiger partial charge < -0.3 is 5.73 Å². The summed E-state index contributed by atoms with van der Waals surface area (Å²) < 4.78 is 1.96. The second-order valence-corrected chi connectivity index (χ2v) is 5.67. The van der Waals surface area contributed by atoms with E-state index in [0.717, 1.165) is 17.8 Å². The predicted octanol–water partition coefficient (Wildman–Crippen LogP) is 4.62. The molecule has 1 heterocycles. The third-order valence-corrected chi connectivity index (χ3v) is 3.92. The lowest BCUT2D eigenvalue weighted by atomic mass is 10.0. The zero-order valence-corrected chi connectivity index (χ0v) is 13.0. The van der Waals surface area contributed by atoms with Gasteiger partial charge in [-0.15, -0.1) is 0 Å². The van der Waals surface area contributed by atoms with Gasteiger partial charge in [0.15, 0.2) is 0 Å². The zero-order valence-electron chi connectivity index (χ0n) is 13.0. The van der Waals surface area contributed by atoms with Crippen molar-refractivity contribution in [3.05, 3.63) is 48.3 Å². The Kier molecular flexibility index (Phi) is 6.48. The summed E-state index contributed by atoms with van der Waals surface area (Å²) in [6.45, 7) is 2.25. The molecule has 2 N–H and O–H groups in total. The maximum atomic E-state index is 6.36. The molecule has 1 aromatic carbocycles. The number of rotatable bonds is 9. The van der Waals surface area contributed by atoms with Crippen molar-refractivity contribution >= 4 is 0 Å². The highest BCUT2D eigenvalue weighted by atomic mass is 15.3. The van der Waals surface area contributed by atoms with E-state index in [0.29, 0.717) is 0 Å². The van der Waals surface area contributed by atoms with Crippen molar-refractivity contribution in [3.8, 4) is 5.69 Å². The van der Waals surface area contributed by atoms with E-state index >= 15 is 0 Å². The van der Waals surface area contributed by atoms with Crippen molar-refractivity contribution < 1.29 is 0 Å². The highest BCUT2D eigenvalue weighted by Gasteiger charge is 2.12. The predicted molar refractivity (Wildman–Crippen MR) is 88.5 cm³/mol. The Hall–Kier alpha value is -1.61. The van der Waals surface area contributed by atoms with Crippen LogP contribution in [0.25, 0.3) is 5.69 Å². The molecule has 0 fully saturated rings. The van der Waals surface area contributed by atoms with Crippen molar-refractivity contribution in [2.75, 3.05) is 0 Å². The van der Waals surface area contributed by atoms with Gasteiger partial charge in [-0.1, -0.05) is 63.6 Å². The average Bonchev–Trinajstić information content (AvgIpc) is 3.01. The van der Waals surface area contributed by atoms with Gasteiger partial charge in [-0.25, -0.2) is 4.68 Å². The Morgan fingerprint density at radius 3 is 2.48 bits per heavy atom. The maximum absolute atomic E-state index is 6.36. The summed E-state index contributed by atoms with van der Waals surface area (Å²) in [6.07, 6.45) is 10.7. The van der Waals surface area contributed by atoms with Crippen molar-refractivity contribution in [3.63, 3.8) is 0 Å². The van der Waals surface area contributed by atoms with E-state index < -0.39 is 0 Å². The Bertz CT molecular complexity index is 504. The van der Waals surface area contributed by atoms with Gasteiger partial charge >= 0.3 is 0 Å². The Morgan fingerprint density at radius 2 is 1.71 bits per heavy atom. The van der Waals surface area contributed by atoms with Crippen LogP contribution in [0.1, 0.15) is 63.6 Å². The standard InChI is InChI=1S/C18H27N3/c1-2-3-4-5-6-10-13-17(19)18-14-15-20-21(18)16-11-8-7-9-12-16/h7-9,11-12,14-15,17H,2-6,10,13,19H2,1H3. The molecular weight excluding hydrogens is 258 g/mol. The second kappa shape index (κ2) is 8.63. The lowest BCUT2D eigenvalue weighted by molar-refractivity contribution is 0.532. The number of nitrogens with zero attached hydrogens (tertiary/aromatic N) is 2. The molecule has 0 aliphatic heterocycles. The van der Waals surface area contributed by atoms with Gasteiger partial charge in [0.2, 0.25) is 0 Å². The summed E-state index contributed by atoms with van der Waals surface area (Å²) in [4.78, 5) is 0. The molecule has 2 rings (SSSR count). The molecule has 3 nitrogen and oxygen atoms in total. The van der Waals surface area contributed by atoms with Crippen molar-refractivity contribution in [2.24, 2.45) is 5.73 Å². The van der Waals surface area contributed by atoms with E-state index in [-0.39, 0.29) is 6.04 Å². The van der Waals surface area contributed by atoms with Crippen LogP contribution < -0.4 is 5.73 Å². The van der Waals surface area contributed by atoms with Gasteiger partial charge in [0.25, 0.3) is 0 Å². The van der Waals surface area contributed by atoms with Crippen LogP contribution in [0.4, 0.5) is 0 Å². The Morgan fingerprint density at radius 1 is 1.00 bits per heavy atom. The lowest BCUT2D eigenvalue weighted by Gasteiger charge is -2.14. The lowest BCUT2D eigenvalue weighted by Crippen LogP contribution is -2.15. The van der Waals surface area contributed by atoms with Crippen LogP contribution >= 0.6 is 0 Å². The summed E-state index contributed by atoms with van der Waals surface area (Å²) in [5.41, 5.74) is 8.54. The highest BCUT2D eigenvalue weighted by Crippen LogP contribution is 2.20. The number of hydrogen-bond acceptors (Lipinski definition) is 2. The first-order chi connectivity index (χ1) is 10.3. The minimum Gasteiger partial charge on any atom is -0.323 e.